The average Bonchev–Trinajstić information content (AvgIpc) is 2.37. The summed E-state index contributed by atoms with van der Waals surface area (Å²) < 4.78 is 5.28. The van der Waals surface area contributed by atoms with Gasteiger partial charge in [-0.05, 0) is 25.5 Å². The molecule has 1 atom stereocenters. The number of nitriles is 1. The van der Waals surface area contributed by atoms with Crippen LogP contribution in [0.15, 0.2) is 30.3 Å². The van der Waals surface area contributed by atoms with E-state index >= 15 is 0 Å². The zero-order chi connectivity index (χ0) is 12.7. The Hall–Kier alpha value is -2.02. The molecule has 1 rings (SSSR count). The number of hydrogen-bond acceptors (Lipinski definition) is 3. The minimum absolute atomic E-state index is 0.0821. The summed E-state index contributed by atoms with van der Waals surface area (Å²) in [4.78, 5) is 11.6. The maximum atomic E-state index is 11.6. The molecule has 4 nitrogen and oxygen atoms in total. The van der Waals surface area contributed by atoms with Crippen molar-refractivity contribution in [3.63, 3.8) is 0 Å². The second kappa shape index (κ2) is 5.90. The van der Waals surface area contributed by atoms with E-state index in [1.165, 1.54) is 0 Å². The number of nitrogens with one attached hydrogen (secondary N) is 1. The van der Waals surface area contributed by atoms with Crippen LogP contribution in [0.4, 0.5) is 0 Å². The molecule has 1 aromatic rings. The van der Waals surface area contributed by atoms with Gasteiger partial charge in [-0.1, -0.05) is 25.1 Å². The van der Waals surface area contributed by atoms with Gasteiger partial charge in [0.2, 0.25) is 0 Å². The average molecular weight is 232 g/mol. The predicted octanol–water partition coefficient (Wildman–Crippen LogP) is 1.87. The van der Waals surface area contributed by atoms with Crippen LogP contribution in [0.3, 0.4) is 0 Å². The van der Waals surface area contributed by atoms with Crippen molar-refractivity contribution in [3.8, 4) is 11.8 Å². The third-order valence-corrected chi connectivity index (χ3v) is 2.48. The highest BCUT2D eigenvalue weighted by molar-refractivity contribution is 5.78. The van der Waals surface area contributed by atoms with E-state index in [1.54, 1.807) is 19.1 Å². The number of amides is 1. The van der Waals surface area contributed by atoms with Crippen molar-refractivity contribution in [2.45, 2.75) is 25.8 Å². The molecule has 0 heterocycles. The Balaban J connectivity index is 2.44. The molecule has 0 aliphatic carbocycles. The number of carbonyl (C=O) groups is 1. The van der Waals surface area contributed by atoms with Crippen LogP contribution < -0.4 is 10.1 Å². The molecular formula is C13H16N2O2. The highest BCUT2D eigenvalue weighted by Gasteiger charge is 2.23. The van der Waals surface area contributed by atoms with Crippen molar-refractivity contribution in [3.05, 3.63) is 30.3 Å². The molecule has 0 fully saturated rings. The van der Waals surface area contributed by atoms with Crippen molar-refractivity contribution in [2.75, 3.05) is 6.61 Å². The molecule has 0 radical (unpaired) electrons. The topological polar surface area (TPSA) is 62.1 Å². The van der Waals surface area contributed by atoms with Crippen LogP contribution in [0, 0.1) is 11.3 Å². The van der Waals surface area contributed by atoms with E-state index in [-0.39, 0.29) is 12.5 Å². The number of hydrogen-bond donors (Lipinski definition) is 1. The van der Waals surface area contributed by atoms with E-state index in [2.05, 4.69) is 11.4 Å². The van der Waals surface area contributed by atoms with Gasteiger partial charge >= 0.3 is 0 Å². The minimum Gasteiger partial charge on any atom is -0.484 e. The highest BCUT2D eigenvalue weighted by atomic mass is 16.5. The Labute approximate surface area is 101 Å². The first kappa shape index (κ1) is 13.0. The van der Waals surface area contributed by atoms with E-state index in [9.17, 15) is 4.79 Å². The third kappa shape index (κ3) is 4.15. The lowest BCUT2D eigenvalue weighted by Crippen LogP contribution is -2.46. The SMILES string of the molecule is CCC(C)(C#N)NC(=O)COc1ccccc1. The molecular weight excluding hydrogens is 216 g/mol. The molecule has 0 aliphatic heterocycles. The standard InChI is InChI=1S/C13H16N2O2/c1-3-13(2,10-14)15-12(16)9-17-11-7-5-4-6-8-11/h4-8H,3,9H2,1-2H3,(H,15,16). The van der Waals surface area contributed by atoms with Gasteiger partial charge in [-0.2, -0.15) is 5.26 Å². The van der Waals surface area contributed by atoms with E-state index < -0.39 is 5.54 Å². The smallest absolute Gasteiger partial charge is 0.259 e. The Morgan fingerprint density at radius 2 is 2.12 bits per heavy atom. The van der Waals surface area contributed by atoms with Crippen LogP contribution >= 0.6 is 0 Å². The van der Waals surface area contributed by atoms with Gasteiger partial charge in [-0.25, -0.2) is 0 Å². The number of rotatable bonds is 5. The number of carbonyl (C=O) groups excluding carboxylic acids is 1. The summed E-state index contributed by atoms with van der Waals surface area (Å²) in [5, 5.41) is 11.6. The van der Waals surface area contributed by atoms with Gasteiger partial charge < -0.3 is 10.1 Å². The Bertz CT molecular complexity index is 411. The zero-order valence-electron chi connectivity index (χ0n) is 10.1. The Kier molecular flexibility index (Phi) is 4.53. The molecule has 0 aromatic heterocycles. The normalized spacial score (nSPS) is 13.2. The van der Waals surface area contributed by atoms with Crippen LogP contribution in [0.2, 0.25) is 0 Å². The van der Waals surface area contributed by atoms with Gasteiger partial charge in [0.05, 0.1) is 6.07 Å². The van der Waals surface area contributed by atoms with Crippen LogP contribution in [0.1, 0.15) is 20.3 Å². The monoisotopic (exact) mass is 232 g/mol. The summed E-state index contributed by atoms with van der Waals surface area (Å²) in [7, 11) is 0. The molecule has 1 unspecified atom stereocenters. The van der Waals surface area contributed by atoms with Crippen molar-refractivity contribution < 1.29 is 9.53 Å². The molecule has 1 amide bonds. The lowest BCUT2D eigenvalue weighted by atomic mass is 10.0. The van der Waals surface area contributed by atoms with Gasteiger partial charge in [0.15, 0.2) is 6.61 Å². The lowest BCUT2D eigenvalue weighted by Gasteiger charge is -2.21. The molecule has 1 aromatic carbocycles. The van der Waals surface area contributed by atoms with Gasteiger partial charge in [-0.3, -0.25) is 4.79 Å². The molecule has 0 saturated carbocycles. The molecule has 4 heteroatoms. The first-order valence-electron chi connectivity index (χ1n) is 5.50. The largest absolute Gasteiger partial charge is 0.484 e. The maximum absolute atomic E-state index is 11.6. The van der Waals surface area contributed by atoms with Crippen LogP contribution in [0.25, 0.3) is 0 Å². The molecule has 17 heavy (non-hydrogen) atoms. The molecule has 0 spiro atoms. The minimum atomic E-state index is -0.822. The molecule has 90 valence electrons. The Morgan fingerprint density at radius 3 is 2.65 bits per heavy atom. The summed E-state index contributed by atoms with van der Waals surface area (Å²) >= 11 is 0. The number of nitrogens with zero attached hydrogens (tertiary/aromatic N) is 1. The van der Waals surface area contributed by atoms with Gasteiger partial charge in [-0.15, -0.1) is 0 Å². The van der Waals surface area contributed by atoms with Crippen molar-refractivity contribution in [1.82, 2.24) is 5.32 Å². The summed E-state index contributed by atoms with van der Waals surface area (Å²) in [6, 6.07) is 11.2. The fourth-order valence-electron chi connectivity index (χ4n) is 1.20. The molecule has 0 bridgehead atoms. The summed E-state index contributed by atoms with van der Waals surface area (Å²) in [5.41, 5.74) is -0.822. The highest BCUT2D eigenvalue weighted by Crippen LogP contribution is 2.09. The first-order chi connectivity index (χ1) is 8.09. The lowest BCUT2D eigenvalue weighted by molar-refractivity contribution is -0.124. The quantitative estimate of drug-likeness (QED) is 0.843. The van der Waals surface area contributed by atoms with Crippen LogP contribution in [0.5, 0.6) is 5.75 Å². The second-order valence-electron chi connectivity index (χ2n) is 3.95. The van der Waals surface area contributed by atoms with Crippen molar-refractivity contribution >= 4 is 5.91 Å². The molecule has 1 N–H and O–H groups in total. The fourth-order valence-corrected chi connectivity index (χ4v) is 1.20. The summed E-state index contributed by atoms with van der Waals surface area (Å²) in [5.74, 6) is 0.345. The summed E-state index contributed by atoms with van der Waals surface area (Å²) in [6.45, 7) is 3.45. The van der Waals surface area contributed by atoms with E-state index in [0.717, 1.165) is 0 Å². The van der Waals surface area contributed by atoms with E-state index in [0.29, 0.717) is 12.2 Å². The van der Waals surface area contributed by atoms with E-state index in [1.807, 2.05) is 25.1 Å². The third-order valence-electron chi connectivity index (χ3n) is 2.48. The molecule has 0 saturated heterocycles. The Morgan fingerprint density at radius 1 is 1.47 bits per heavy atom. The first-order valence-corrected chi connectivity index (χ1v) is 5.50. The molecule has 0 aliphatic rings. The number of benzene rings is 1. The van der Waals surface area contributed by atoms with Gasteiger partial charge in [0.1, 0.15) is 11.3 Å². The summed E-state index contributed by atoms with van der Waals surface area (Å²) in [6.07, 6.45) is 0.556. The van der Waals surface area contributed by atoms with Gasteiger partial charge in [0, 0.05) is 0 Å². The van der Waals surface area contributed by atoms with Crippen molar-refractivity contribution in [1.29, 1.82) is 5.26 Å². The van der Waals surface area contributed by atoms with Crippen LogP contribution in [-0.2, 0) is 4.79 Å². The van der Waals surface area contributed by atoms with E-state index in [4.69, 9.17) is 10.00 Å². The number of para-hydroxylation sites is 1. The second-order valence-corrected chi connectivity index (χ2v) is 3.95. The van der Waals surface area contributed by atoms with Crippen LogP contribution in [-0.4, -0.2) is 18.1 Å². The van der Waals surface area contributed by atoms with Crippen molar-refractivity contribution in [2.24, 2.45) is 0 Å². The number of ether oxygens (including phenoxy) is 1. The maximum Gasteiger partial charge on any atom is 0.259 e. The zero-order valence-corrected chi connectivity index (χ0v) is 10.1. The van der Waals surface area contributed by atoms with Gasteiger partial charge in [0.25, 0.3) is 5.91 Å². The fraction of sp³-hybridized carbons (Fsp3) is 0.385. The predicted molar refractivity (Wildman–Crippen MR) is 64.4 cm³/mol.